The lowest BCUT2D eigenvalue weighted by atomic mass is 9.95. The molecule has 37 heavy (non-hydrogen) atoms. The smallest absolute Gasteiger partial charge is 0.255 e. The van der Waals surface area contributed by atoms with Crippen LogP contribution in [0.15, 0.2) is 77.5 Å². The maximum Gasteiger partial charge on any atom is 0.255 e. The molecule has 0 saturated heterocycles. The van der Waals surface area contributed by atoms with Gasteiger partial charge in [0.2, 0.25) is 17.4 Å². The van der Waals surface area contributed by atoms with Gasteiger partial charge in [-0.2, -0.15) is 4.98 Å². The van der Waals surface area contributed by atoms with Crippen molar-refractivity contribution >= 4 is 29.3 Å². The maximum atomic E-state index is 13.6. The second kappa shape index (κ2) is 10.9. The molecule has 0 radical (unpaired) electrons. The minimum Gasteiger partial charge on any atom is -0.497 e. The second-order valence-electron chi connectivity index (χ2n) is 8.30. The Balaban J connectivity index is 1.44. The highest BCUT2D eigenvalue weighted by molar-refractivity contribution is 7.99. The summed E-state index contributed by atoms with van der Waals surface area (Å²) in [5, 5.41) is 11.6. The van der Waals surface area contributed by atoms with E-state index in [4.69, 9.17) is 24.0 Å². The number of hydrogen-bond donors (Lipinski definition) is 2. The third-order valence-electron chi connectivity index (χ3n) is 5.94. The zero-order chi connectivity index (χ0) is 25.8. The highest BCUT2D eigenvalue weighted by Gasteiger charge is 2.34. The number of benzene rings is 2. The first kappa shape index (κ1) is 24.6. The molecule has 3 heterocycles. The van der Waals surface area contributed by atoms with Crippen LogP contribution in [0, 0.1) is 0 Å². The van der Waals surface area contributed by atoms with Crippen molar-refractivity contribution in [2.75, 3.05) is 30.6 Å². The van der Waals surface area contributed by atoms with Crippen LogP contribution < -0.4 is 20.1 Å². The minimum atomic E-state index is -0.517. The Bertz CT molecular complexity index is 1330. The van der Waals surface area contributed by atoms with E-state index < -0.39 is 6.04 Å². The first-order valence-electron chi connectivity index (χ1n) is 11.7. The quantitative estimate of drug-likeness (QED) is 0.392. The van der Waals surface area contributed by atoms with E-state index in [1.807, 2.05) is 31.2 Å². The van der Waals surface area contributed by atoms with E-state index in [0.29, 0.717) is 51.7 Å². The molecule has 1 amide bonds. The van der Waals surface area contributed by atoms with E-state index in [9.17, 15) is 4.79 Å². The summed E-state index contributed by atoms with van der Waals surface area (Å²) < 4.78 is 23.1. The molecule has 0 fully saturated rings. The van der Waals surface area contributed by atoms with E-state index in [2.05, 4.69) is 15.6 Å². The lowest BCUT2D eigenvalue weighted by molar-refractivity contribution is -0.113. The number of anilines is 2. The summed E-state index contributed by atoms with van der Waals surface area (Å²) in [5.74, 6) is 2.41. The van der Waals surface area contributed by atoms with Crippen LogP contribution in [0.2, 0.25) is 0 Å². The van der Waals surface area contributed by atoms with Crippen molar-refractivity contribution in [2.45, 2.75) is 30.8 Å². The Kier molecular flexibility index (Phi) is 7.22. The largest absolute Gasteiger partial charge is 0.497 e. The molecule has 0 spiro atoms. The first-order valence-corrected chi connectivity index (χ1v) is 12.7. The number of carbonyl (C=O) groups excluding carboxylic acids is 1. The van der Waals surface area contributed by atoms with Crippen LogP contribution in [0.4, 0.5) is 11.6 Å². The molecule has 2 aliphatic heterocycles. The number of fused-ring (bicyclic) bond motifs is 1. The van der Waals surface area contributed by atoms with Gasteiger partial charge in [0, 0.05) is 23.6 Å². The number of nitrogens with one attached hydrogen (secondary N) is 2. The van der Waals surface area contributed by atoms with Gasteiger partial charge in [-0.15, -0.1) is 5.10 Å². The molecule has 2 aromatic carbocycles. The average Bonchev–Trinajstić information content (AvgIpc) is 3.58. The molecule has 3 aromatic rings. The number of carbonyl (C=O) groups is 1. The van der Waals surface area contributed by atoms with Crippen LogP contribution in [0.5, 0.6) is 11.5 Å². The normalized spacial score (nSPS) is 16.5. The van der Waals surface area contributed by atoms with Gasteiger partial charge in [-0.1, -0.05) is 23.9 Å². The van der Waals surface area contributed by atoms with Crippen molar-refractivity contribution in [3.63, 3.8) is 0 Å². The van der Waals surface area contributed by atoms with E-state index in [0.717, 1.165) is 5.56 Å². The van der Waals surface area contributed by atoms with Gasteiger partial charge in [-0.25, -0.2) is 4.68 Å². The number of nitrogens with zero attached hydrogens (tertiary/aromatic N) is 3. The highest BCUT2D eigenvalue weighted by Crippen LogP contribution is 2.38. The van der Waals surface area contributed by atoms with Crippen LogP contribution in [0.3, 0.4) is 0 Å². The number of thioether (sulfide) groups is 1. The van der Waals surface area contributed by atoms with Gasteiger partial charge >= 0.3 is 0 Å². The summed E-state index contributed by atoms with van der Waals surface area (Å²) in [7, 11) is 3.22. The Morgan fingerprint density at radius 3 is 2.59 bits per heavy atom. The van der Waals surface area contributed by atoms with Gasteiger partial charge in [-0.3, -0.25) is 4.79 Å². The van der Waals surface area contributed by atoms with Gasteiger partial charge in [0.1, 0.15) is 30.1 Å². The molecular formula is C26H27N5O5S. The molecular weight excluding hydrogens is 494 g/mol. The number of methoxy groups -OCH3 is 2. The summed E-state index contributed by atoms with van der Waals surface area (Å²) in [6.07, 6.45) is 3.47. The fraction of sp³-hybridized carbons (Fsp3) is 0.269. The minimum absolute atomic E-state index is 0.249. The van der Waals surface area contributed by atoms with Crippen molar-refractivity contribution in [3.8, 4) is 11.5 Å². The predicted octanol–water partition coefficient (Wildman–Crippen LogP) is 4.55. The molecule has 2 aliphatic rings. The lowest BCUT2D eigenvalue weighted by Crippen LogP contribution is -2.31. The van der Waals surface area contributed by atoms with Crippen molar-refractivity contribution in [1.29, 1.82) is 0 Å². The first-order chi connectivity index (χ1) is 18.1. The second-order valence-corrected chi connectivity index (χ2v) is 9.36. The Morgan fingerprint density at radius 2 is 1.86 bits per heavy atom. The third-order valence-corrected chi connectivity index (χ3v) is 6.81. The van der Waals surface area contributed by atoms with Crippen LogP contribution in [0.25, 0.3) is 0 Å². The van der Waals surface area contributed by atoms with E-state index in [-0.39, 0.29) is 12.2 Å². The summed E-state index contributed by atoms with van der Waals surface area (Å²) in [4.78, 5) is 18.3. The van der Waals surface area contributed by atoms with Crippen LogP contribution in [-0.4, -0.2) is 46.9 Å². The molecule has 0 saturated carbocycles. The Labute approximate surface area is 218 Å². The molecule has 1 unspecified atom stereocenters. The number of hydrogen-bond acceptors (Lipinski definition) is 9. The zero-order valence-electron chi connectivity index (χ0n) is 20.6. The maximum absolute atomic E-state index is 13.6. The number of ether oxygens (including phenoxy) is 4. The summed E-state index contributed by atoms with van der Waals surface area (Å²) in [6, 6.07) is 14.3. The molecule has 0 bridgehead atoms. The van der Waals surface area contributed by atoms with Gasteiger partial charge < -0.3 is 29.6 Å². The number of aromatic nitrogens is 3. The van der Waals surface area contributed by atoms with Gasteiger partial charge in [0.25, 0.3) is 5.91 Å². The van der Waals surface area contributed by atoms with Crippen LogP contribution in [-0.2, 0) is 14.3 Å². The molecule has 10 nitrogen and oxygen atoms in total. The van der Waals surface area contributed by atoms with E-state index in [1.165, 1.54) is 11.8 Å². The molecule has 11 heteroatoms. The van der Waals surface area contributed by atoms with E-state index >= 15 is 0 Å². The summed E-state index contributed by atoms with van der Waals surface area (Å²) in [5.41, 5.74) is 2.72. The lowest BCUT2D eigenvalue weighted by Gasteiger charge is -2.28. The van der Waals surface area contributed by atoms with Crippen molar-refractivity contribution in [2.24, 2.45) is 0 Å². The average molecular weight is 522 g/mol. The Hall–Kier alpha value is -4.12. The molecule has 2 N–H and O–H groups in total. The van der Waals surface area contributed by atoms with Gasteiger partial charge in [0.05, 0.1) is 19.8 Å². The highest BCUT2D eigenvalue weighted by atomic mass is 32.2. The zero-order valence-corrected chi connectivity index (χ0v) is 21.5. The molecule has 1 atom stereocenters. The van der Waals surface area contributed by atoms with Crippen LogP contribution >= 0.6 is 11.8 Å². The fourth-order valence-electron chi connectivity index (χ4n) is 4.13. The number of amides is 1. The molecule has 1 aromatic heterocycles. The topological polar surface area (TPSA) is 109 Å². The fourth-order valence-corrected chi connectivity index (χ4v) is 4.92. The van der Waals surface area contributed by atoms with Crippen molar-refractivity contribution < 1.29 is 23.7 Å². The molecule has 0 aliphatic carbocycles. The van der Waals surface area contributed by atoms with Crippen molar-refractivity contribution in [1.82, 2.24) is 14.8 Å². The monoisotopic (exact) mass is 521 g/mol. The van der Waals surface area contributed by atoms with Gasteiger partial charge in [-0.05, 0) is 48.9 Å². The standard InChI is InChI=1S/C26H27N5O5S/c1-16-22(24(32)28-18-7-9-19(33-2)10-8-18)23(17-5-4-6-20(15-17)34-3)31-25(27-16)29-26(30-31)37-14-11-21-35-12-13-36-21/h4-10,12-13,15,21,23H,11,14H2,1-3H3,(H,28,32)(H,27,29,30). The molecule has 192 valence electrons. The summed E-state index contributed by atoms with van der Waals surface area (Å²) >= 11 is 1.50. The van der Waals surface area contributed by atoms with E-state index in [1.54, 1.807) is 55.7 Å². The SMILES string of the molecule is COc1ccc(NC(=O)C2=C(C)Nc3nc(SCCC4OC=CO4)nn3C2c2cccc(OC)c2)cc1. The summed E-state index contributed by atoms with van der Waals surface area (Å²) in [6.45, 7) is 1.86. The molecule has 5 rings (SSSR count). The number of allylic oxidation sites excluding steroid dienone is 1. The van der Waals surface area contributed by atoms with Gasteiger partial charge in [0.15, 0.2) is 0 Å². The van der Waals surface area contributed by atoms with Crippen LogP contribution in [0.1, 0.15) is 24.9 Å². The third kappa shape index (κ3) is 5.36. The predicted molar refractivity (Wildman–Crippen MR) is 140 cm³/mol. The number of rotatable bonds is 9. The van der Waals surface area contributed by atoms with Crippen molar-refractivity contribution in [3.05, 3.63) is 77.9 Å². The Morgan fingerprint density at radius 1 is 1.11 bits per heavy atom.